The predicted molar refractivity (Wildman–Crippen MR) is 87.2 cm³/mol. The Labute approximate surface area is 129 Å². The molecule has 0 spiro atoms. The largest absolute Gasteiger partial charge is 0.310 e. The molecule has 0 aliphatic rings. The smallest absolute Gasteiger partial charge is 0.113 e. The molecule has 0 unspecified atom stereocenters. The van der Waals surface area contributed by atoms with E-state index in [1.807, 2.05) is 12.4 Å². The van der Waals surface area contributed by atoms with Gasteiger partial charge in [-0.2, -0.15) is 0 Å². The Bertz CT molecular complexity index is 561. The topological polar surface area (TPSA) is 29.9 Å². The van der Waals surface area contributed by atoms with Gasteiger partial charge in [0.05, 0.1) is 0 Å². The van der Waals surface area contributed by atoms with Gasteiger partial charge in [-0.3, -0.25) is 0 Å². The number of benzene rings is 1. The average Bonchev–Trinajstić information content (AvgIpc) is 2.86. The molecule has 0 radical (unpaired) electrons. The van der Waals surface area contributed by atoms with Crippen molar-refractivity contribution in [2.24, 2.45) is 0 Å². The highest BCUT2D eigenvalue weighted by molar-refractivity contribution is 9.10. The molecule has 0 aliphatic carbocycles. The standard InChI is InChI=1S/C16H22BrN3/c1-4-5-16-18-8-9-20(16)14-7-6-13(15(17)10-14)11-19-12(2)3/h6-10,12,19H,4-5,11H2,1-3H3. The molecule has 0 atom stereocenters. The summed E-state index contributed by atoms with van der Waals surface area (Å²) in [4.78, 5) is 4.43. The zero-order valence-electron chi connectivity index (χ0n) is 12.4. The number of hydrogen-bond acceptors (Lipinski definition) is 2. The summed E-state index contributed by atoms with van der Waals surface area (Å²) in [6.45, 7) is 7.37. The Kier molecular flexibility index (Phi) is 5.38. The molecule has 0 saturated heterocycles. The first-order chi connectivity index (χ1) is 9.61. The van der Waals surface area contributed by atoms with Gasteiger partial charge in [-0.05, 0) is 24.1 Å². The van der Waals surface area contributed by atoms with Gasteiger partial charge < -0.3 is 9.88 Å². The molecule has 4 heteroatoms. The number of halogens is 1. The van der Waals surface area contributed by atoms with Gasteiger partial charge in [-0.1, -0.05) is 42.8 Å². The summed E-state index contributed by atoms with van der Waals surface area (Å²) >= 11 is 3.67. The maximum Gasteiger partial charge on any atom is 0.113 e. The molecule has 2 rings (SSSR count). The van der Waals surface area contributed by atoms with Crippen LogP contribution in [0, 0.1) is 0 Å². The van der Waals surface area contributed by atoms with E-state index in [1.54, 1.807) is 0 Å². The minimum atomic E-state index is 0.492. The molecule has 0 aliphatic heterocycles. The van der Waals surface area contributed by atoms with Crippen LogP contribution in [0.3, 0.4) is 0 Å². The van der Waals surface area contributed by atoms with Crippen LogP contribution in [0.25, 0.3) is 5.69 Å². The van der Waals surface area contributed by atoms with E-state index in [0.717, 1.165) is 35.4 Å². The van der Waals surface area contributed by atoms with Crippen LogP contribution in [0.5, 0.6) is 0 Å². The second-order valence-electron chi connectivity index (χ2n) is 5.27. The summed E-state index contributed by atoms with van der Waals surface area (Å²) in [6, 6.07) is 6.98. The third-order valence-electron chi connectivity index (χ3n) is 3.21. The van der Waals surface area contributed by atoms with Crippen LogP contribution >= 0.6 is 15.9 Å². The normalized spacial score (nSPS) is 11.2. The molecule has 0 saturated carbocycles. The maximum absolute atomic E-state index is 4.43. The van der Waals surface area contributed by atoms with Crippen LogP contribution in [-0.2, 0) is 13.0 Å². The zero-order valence-corrected chi connectivity index (χ0v) is 13.9. The number of aromatic nitrogens is 2. The van der Waals surface area contributed by atoms with E-state index in [9.17, 15) is 0 Å². The van der Waals surface area contributed by atoms with E-state index in [4.69, 9.17) is 0 Å². The summed E-state index contributed by atoms with van der Waals surface area (Å²) in [5.41, 5.74) is 2.44. The van der Waals surface area contributed by atoms with Crippen LogP contribution in [0.15, 0.2) is 35.1 Å². The van der Waals surface area contributed by atoms with E-state index in [0.29, 0.717) is 6.04 Å². The molecule has 1 aromatic heterocycles. The van der Waals surface area contributed by atoms with Crippen molar-refractivity contribution in [2.45, 2.75) is 46.2 Å². The van der Waals surface area contributed by atoms with Gasteiger partial charge in [0.2, 0.25) is 0 Å². The van der Waals surface area contributed by atoms with E-state index in [2.05, 4.69) is 69.8 Å². The van der Waals surface area contributed by atoms with Crippen molar-refractivity contribution in [1.82, 2.24) is 14.9 Å². The molecule has 1 heterocycles. The number of aryl methyl sites for hydroxylation is 1. The maximum atomic E-state index is 4.43. The zero-order chi connectivity index (χ0) is 14.5. The van der Waals surface area contributed by atoms with Crippen molar-refractivity contribution >= 4 is 15.9 Å². The van der Waals surface area contributed by atoms with Gasteiger partial charge in [-0.25, -0.2) is 4.98 Å². The van der Waals surface area contributed by atoms with Gasteiger partial charge >= 0.3 is 0 Å². The van der Waals surface area contributed by atoms with Gasteiger partial charge in [-0.15, -0.1) is 0 Å². The highest BCUT2D eigenvalue weighted by Gasteiger charge is 2.07. The van der Waals surface area contributed by atoms with Crippen molar-refractivity contribution in [2.75, 3.05) is 0 Å². The summed E-state index contributed by atoms with van der Waals surface area (Å²) in [6.07, 6.45) is 6.00. The van der Waals surface area contributed by atoms with Gasteiger partial charge in [0.15, 0.2) is 0 Å². The highest BCUT2D eigenvalue weighted by atomic mass is 79.9. The van der Waals surface area contributed by atoms with Crippen LogP contribution in [-0.4, -0.2) is 15.6 Å². The minimum absolute atomic E-state index is 0.492. The Morgan fingerprint density at radius 3 is 2.80 bits per heavy atom. The van der Waals surface area contributed by atoms with E-state index >= 15 is 0 Å². The van der Waals surface area contributed by atoms with Crippen molar-refractivity contribution in [3.63, 3.8) is 0 Å². The van der Waals surface area contributed by atoms with E-state index < -0.39 is 0 Å². The Morgan fingerprint density at radius 1 is 1.35 bits per heavy atom. The molecule has 108 valence electrons. The van der Waals surface area contributed by atoms with Gasteiger partial charge in [0, 0.05) is 41.6 Å². The van der Waals surface area contributed by atoms with Crippen molar-refractivity contribution in [1.29, 1.82) is 0 Å². The van der Waals surface area contributed by atoms with Crippen molar-refractivity contribution in [3.8, 4) is 5.69 Å². The molecule has 3 nitrogen and oxygen atoms in total. The second kappa shape index (κ2) is 7.04. The van der Waals surface area contributed by atoms with Crippen LogP contribution in [0.2, 0.25) is 0 Å². The first-order valence-corrected chi connectivity index (χ1v) is 7.95. The molecule has 0 bridgehead atoms. The number of nitrogens with one attached hydrogen (secondary N) is 1. The first kappa shape index (κ1) is 15.3. The molecular weight excluding hydrogens is 314 g/mol. The second-order valence-corrected chi connectivity index (χ2v) is 6.13. The van der Waals surface area contributed by atoms with Crippen LogP contribution < -0.4 is 5.32 Å². The third-order valence-corrected chi connectivity index (χ3v) is 3.94. The van der Waals surface area contributed by atoms with Gasteiger partial charge in [0.1, 0.15) is 5.82 Å². The summed E-state index contributed by atoms with van der Waals surface area (Å²) in [5, 5.41) is 3.44. The SMILES string of the molecule is CCCc1nccn1-c1ccc(CNC(C)C)c(Br)c1. The summed E-state index contributed by atoms with van der Waals surface area (Å²) in [5.74, 6) is 1.12. The predicted octanol–water partition coefficient (Wildman–Crippen LogP) is 4.09. The van der Waals surface area contributed by atoms with Crippen molar-refractivity contribution < 1.29 is 0 Å². The molecule has 0 amide bonds. The number of hydrogen-bond donors (Lipinski definition) is 1. The molecular formula is C16H22BrN3. The lowest BCUT2D eigenvalue weighted by atomic mass is 10.2. The lowest BCUT2D eigenvalue weighted by Crippen LogP contribution is -2.22. The summed E-state index contributed by atoms with van der Waals surface area (Å²) in [7, 11) is 0. The fraction of sp³-hybridized carbons (Fsp3) is 0.438. The van der Waals surface area contributed by atoms with Crippen LogP contribution in [0.4, 0.5) is 0 Å². The number of rotatable bonds is 6. The quantitative estimate of drug-likeness (QED) is 0.861. The first-order valence-electron chi connectivity index (χ1n) is 7.16. The van der Waals surface area contributed by atoms with Crippen molar-refractivity contribution in [3.05, 3.63) is 46.5 Å². The molecule has 20 heavy (non-hydrogen) atoms. The Balaban J connectivity index is 2.22. The molecule has 1 N–H and O–H groups in total. The van der Waals surface area contributed by atoms with Crippen LogP contribution in [0.1, 0.15) is 38.6 Å². The number of imidazole rings is 1. The fourth-order valence-electron chi connectivity index (χ4n) is 2.12. The Morgan fingerprint density at radius 2 is 2.15 bits per heavy atom. The molecule has 2 aromatic rings. The fourth-order valence-corrected chi connectivity index (χ4v) is 2.63. The van der Waals surface area contributed by atoms with Gasteiger partial charge in [0.25, 0.3) is 0 Å². The average molecular weight is 336 g/mol. The molecule has 0 fully saturated rings. The third kappa shape index (κ3) is 3.70. The monoisotopic (exact) mass is 335 g/mol. The Hall–Kier alpha value is -1.13. The lowest BCUT2D eigenvalue weighted by molar-refractivity contribution is 0.588. The molecule has 1 aromatic carbocycles. The highest BCUT2D eigenvalue weighted by Crippen LogP contribution is 2.22. The van der Waals surface area contributed by atoms with E-state index in [-0.39, 0.29) is 0 Å². The lowest BCUT2D eigenvalue weighted by Gasteiger charge is -2.12. The number of nitrogens with zero attached hydrogens (tertiary/aromatic N) is 2. The minimum Gasteiger partial charge on any atom is -0.310 e. The van der Waals surface area contributed by atoms with E-state index in [1.165, 1.54) is 5.56 Å². The summed E-state index contributed by atoms with van der Waals surface area (Å²) < 4.78 is 3.30.